The summed E-state index contributed by atoms with van der Waals surface area (Å²) >= 11 is 4.84. The number of pyridine rings is 1. The van der Waals surface area contributed by atoms with E-state index in [2.05, 4.69) is 32.0 Å². The number of nitriles is 1. The predicted octanol–water partition coefficient (Wildman–Crippen LogP) is 5.62. The fourth-order valence-electron chi connectivity index (χ4n) is 3.20. The number of nitrogens with zero attached hydrogens (tertiary/aromatic N) is 5. The molecular weight excluding hydrogens is 441 g/mol. The van der Waals surface area contributed by atoms with Gasteiger partial charge >= 0.3 is 0 Å². The first-order valence-corrected chi connectivity index (χ1v) is 10.1. The monoisotopic (exact) mass is 455 g/mol. The number of aromatic nitrogens is 3. The van der Waals surface area contributed by atoms with Crippen LogP contribution in [0.25, 0.3) is 16.9 Å². The highest BCUT2D eigenvalue weighted by Crippen LogP contribution is 2.37. The molecule has 0 saturated heterocycles. The lowest BCUT2D eigenvalue weighted by atomic mass is 10.1. The van der Waals surface area contributed by atoms with Crippen LogP contribution >= 0.6 is 27.3 Å². The first-order chi connectivity index (χ1) is 13.4. The number of thiazole rings is 1. The van der Waals surface area contributed by atoms with E-state index in [9.17, 15) is 9.65 Å². The highest BCUT2D eigenvalue weighted by Gasteiger charge is 2.21. The van der Waals surface area contributed by atoms with Crippen molar-refractivity contribution in [3.63, 3.8) is 0 Å². The molecule has 0 bridgehead atoms. The molecule has 8 heteroatoms. The van der Waals surface area contributed by atoms with E-state index >= 15 is 0 Å². The van der Waals surface area contributed by atoms with Crippen LogP contribution in [0.5, 0.6) is 0 Å². The molecule has 3 heterocycles. The molecule has 4 rings (SSSR count). The normalized spacial score (nSPS) is 11.0. The molecule has 1 aromatic carbocycles. The Morgan fingerprint density at radius 3 is 2.61 bits per heavy atom. The fourth-order valence-corrected chi connectivity index (χ4v) is 4.59. The van der Waals surface area contributed by atoms with E-state index in [1.165, 1.54) is 23.5 Å². The first-order valence-electron chi connectivity index (χ1n) is 8.44. The summed E-state index contributed by atoms with van der Waals surface area (Å²) in [4.78, 5) is 11.8. The number of anilines is 2. The number of halogens is 2. The van der Waals surface area contributed by atoms with Gasteiger partial charge in [-0.1, -0.05) is 11.3 Å². The minimum Gasteiger partial charge on any atom is -0.305 e. The van der Waals surface area contributed by atoms with Crippen molar-refractivity contribution in [2.45, 2.75) is 13.8 Å². The van der Waals surface area contributed by atoms with Gasteiger partial charge in [-0.3, -0.25) is 4.40 Å². The molecule has 0 amide bonds. The zero-order valence-electron chi connectivity index (χ0n) is 15.4. The summed E-state index contributed by atoms with van der Waals surface area (Å²) in [5.41, 5.74) is 4.06. The number of imidazole rings is 1. The fraction of sp³-hybridized carbons (Fsp3) is 0.150. The van der Waals surface area contributed by atoms with E-state index in [4.69, 9.17) is 0 Å². The summed E-state index contributed by atoms with van der Waals surface area (Å²) in [5, 5.41) is 10.2. The molecule has 0 aliphatic rings. The molecule has 0 fully saturated rings. The second-order valence-corrected chi connectivity index (χ2v) is 8.30. The third kappa shape index (κ3) is 3.07. The van der Waals surface area contributed by atoms with Gasteiger partial charge in [0.05, 0.1) is 5.69 Å². The van der Waals surface area contributed by atoms with Gasteiger partial charge in [-0.25, -0.2) is 14.4 Å². The lowest BCUT2D eigenvalue weighted by Crippen LogP contribution is -2.13. The highest BCUT2D eigenvalue weighted by molar-refractivity contribution is 9.10. The van der Waals surface area contributed by atoms with Crippen molar-refractivity contribution in [2.24, 2.45) is 0 Å². The molecule has 5 nitrogen and oxygen atoms in total. The minimum atomic E-state index is -0.322. The summed E-state index contributed by atoms with van der Waals surface area (Å²) in [7, 11) is 1.90. The SMILES string of the molecule is Cc1nc2c(C)cc(Br)cn2c1N(C)c1nc(-c2ccc(F)cc2)c(C#N)s1. The molecule has 0 radical (unpaired) electrons. The third-order valence-electron chi connectivity index (χ3n) is 4.45. The summed E-state index contributed by atoms with van der Waals surface area (Å²) in [6.07, 6.45) is 1.97. The molecule has 28 heavy (non-hydrogen) atoms. The second kappa shape index (κ2) is 7.00. The maximum Gasteiger partial charge on any atom is 0.192 e. The van der Waals surface area contributed by atoms with Crippen molar-refractivity contribution >= 4 is 43.9 Å². The van der Waals surface area contributed by atoms with Crippen molar-refractivity contribution in [3.8, 4) is 17.3 Å². The summed E-state index contributed by atoms with van der Waals surface area (Å²) in [6, 6.07) is 10.2. The van der Waals surface area contributed by atoms with Crippen LogP contribution in [0.15, 0.2) is 41.0 Å². The van der Waals surface area contributed by atoms with Crippen LogP contribution in [0, 0.1) is 31.0 Å². The lowest BCUT2D eigenvalue weighted by molar-refractivity contribution is 0.628. The minimum absolute atomic E-state index is 0.322. The first kappa shape index (κ1) is 18.6. The van der Waals surface area contributed by atoms with Crippen molar-refractivity contribution in [3.05, 3.63) is 63.0 Å². The van der Waals surface area contributed by atoms with Crippen LogP contribution in [0.3, 0.4) is 0 Å². The standard InChI is InChI=1S/C20H15BrFN5S/c1-11-8-14(21)10-27-18(11)24-12(2)19(27)26(3)20-25-17(16(9-23)28-20)13-4-6-15(22)7-5-13/h4-8,10H,1-3H3. The Morgan fingerprint density at radius 1 is 1.21 bits per heavy atom. The molecular formula is C20H15BrFN5S. The van der Waals surface area contributed by atoms with Gasteiger partial charge < -0.3 is 4.90 Å². The van der Waals surface area contributed by atoms with Gasteiger partial charge in [-0.2, -0.15) is 5.26 Å². The Bertz CT molecular complexity index is 1240. The maximum atomic E-state index is 13.3. The highest BCUT2D eigenvalue weighted by atomic mass is 79.9. The summed E-state index contributed by atoms with van der Waals surface area (Å²) < 4.78 is 16.2. The van der Waals surface area contributed by atoms with E-state index in [-0.39, 0.29) is 5.82 Å². The number of hydrogen-bond donors (Lipinski definition) is 0. The molecule has 0 unspecified atom stereocenters. The van der Waals surface area contributed by atoms with E-state index in [0.29, 0.717) is 21.3 Å². The number of fused-ring (bicyclic) bond motifs is 1. The van der Waals surface area contributed by atoms with Gasteiger partial charge in [-0.05, 0) is 65.7 Å². The Kier molecular flexibility index (Phi) is 4.65. The molecule has 0 atom stereocenters. The van der Waals surface area contributed by atoms with E-state index in [1.807, 2.05) is 42.5 Å². The number of hydrogen-bond acceptors (Lipinski definition) is 5. The van der Waals surface area contributed by atoms with Crippen LogP contribution < -0.4 is 4.90 Å². The molecule has 0 N–H and O–H groups in total. The van der Waals surface area contributed by atoms with Crippen LogP contribution in [0.1, 0.15) is 16.1 Å². The Hall–Kier alpha value is -2.76. The van der Waals surface area contributed by atoms with Crippen molar-refractivity contribution in [2.75, 3.05) is 11.9 Å². The third-order valence-corrected chi connectivity index (χ3v) is 5.92. The molecule has 140 valence electrons. The van der Waals surface area contributed by atoms with Gasteiger partial charge in [0.15, 0.2) is 5.13 Å². The van der Waals surface area contributed by atoms with E-state index < -0.39 is 0 Å². The molecule has 0 aliphatic heterocycles. The topological polar surface area (TPSA) is 57.2 Å². The van der Waals surface area contributed by atoms with E-state index in [0.717, 1.165) is 27.2 Å². The number of rotatable bonds is 3. The molecule has 0 saturated carbocycles. The van der Waals surface area contributed by atoms with Crippen molar-refractivity contribution in [1.82, 2.24) is 14.4 Å². The van der Waals surface area contributed by atoms with Gasteiger partial charge in [0.1, 0.15) is 33.9 Å². The average molecular weight is 456 g/mol. The van der Waals surface area contributed by atoms with Crippen molar-refractivity contribution in [1.29, 1.82) is 5.26 Å². The van der Waals surface area contributed by atoms with Crippen LogP contribution in [0.4, 0.5) is 15.3 Å². The lowest BCUT2D eigenvalue weighted by Gasteiger charge is -2.16. The molecule has 3 aromatic heterocycles. The number of aryl methyl sites for hydroxylation is 2. The maximum absolute atomic E-state index is 13.3. The van der Waals surface area contributed by atoms with Gasteiger partial charge in [0, 0.05) is 23.3 Å². The molecule has 4 aromatic rings. The van der Waals surface area contributed by atoms with Gasteiger partial charge in [0.25, 0.3) is 0 Å². The second-order valence-electron chi connectivity index (χ2n) is 6.41. The molecule has 0 aliphatic carbocycles. The number of benzene rings is 1. The Labute approximate surface area is 173 Å². The van der Waals surface area contributed by atoms with Crippen molar-refractivity contribution < 1.29 is 4.39 Å². The largest absolute Gasteiger partial charge is 0.305 e. The summed E-state index contributed by atoms with van der Waals surface area (Å²) in [6.45, 7) is 3.96. The summed E-state index contributed by atoms with van der Waals surface area (Å²) in [5.74, 6) is 0.556. The zero-order valence-corrected chi connectivity index (χ0v) is 17.8. The Balaban J connectivity index is 1.85. The van der Waals surface area contributed by atoms with Crippen LogP contribution in [-0.2, 0) is 0 Å². The van der Waals surface area contributed by atoms with Gasteiger partial charge in [0.2, 0.25) is 0 Å². The zero-order chi connectivity index (χ0) is 20.0. The quantitative estimate of drug-likeness (QED) is 0.402. The van der Waals surface area contributed by atoms with Gasteiger partial charge in [-0.15, -0.1) is 0 Å². The Morgan fingerprint density at radius 2 is 1.93 bits per heavy atom. The van der Waals surface area contributed by atoms with Crippen LogP contribution in [-0.4, -0.2) is 21.4 Å². The average Bonchev–Trinajstić information content (AvgIpc) is 3.23. The van der Waals surface area contributed by atoms with Crippen LogP contribution in [0.2, 0.25) is 0 Å². The molecule has 0 spiro atoms. The predicted molar refractivity (Wildman–Crippen MR) is 113 cm³/mol. The van der Waals surface area contributed by atoms with E-state index in [1.54, 1.807) is 12.1 Å². The smallest absolute Gasteiger partial charge is 0.192 e.